The van der Waals surface area contributed by atoms with Crippen molar-refractivity contribution in [1.82, 2.24) is 0 Å². The highest BCUT2D eigenvalue weighted by Gasteiger charge is 2.37. The van der Waals surface area contributed by atoms with Gasteiger partial charge in [0.1, 0.15) is 6.61 Å². The fraction of sp³-hybridized carbons (Fsp3) is 0.233. The van der Waals surface area contributed by atoms with Gasteiger partial charge in [-0.3, -0.25) is 4.99 Å². The average Bonchev–Trinajstić information content (AvgIpc) is 3.37. The molecular weight excluding hydrogens is 547 g/mol. The van der Waals surface area contributed by atoms with Crippen LogP contribution in [0.1, 0.15) is 40.6 Å². The molecule has 1 aliphatic heterocycles. The van der Waals surface area contributed by atoms with Gasteiger partial charge in [-0.1, -0.05) is 47.9 Å². The third-order valence-electron chi connectivity index (χ3n) is 6.68. The number of aliphatic imine (C=N–C) groups is 1. The van der Waals surface area contributed by atoms with Crippen molar-refractivity contribution in [3.05, 3.63) is 92.6 Å². The number of nitrogens with one attached hydrogen (secondary N) is 1. The first kappa shape index (κ1) is 23.5. The highest BCUT2D eigenvalue weighted by molar-refractivity contribution is 14.1. The Kier molecular flexibility index (Phi) is 6.83. The van der Waals surface area contributed by atoms with Crippen molar-refractivity contribution in [2.24, 2.45) is 10.9 Å². The fourth-order valence-electron chi connectivity index (χ4n) is 5.03. The lowest BCUT2D eigenvalue weighted by Crippen LogP contribution is -2.29. The second-order valence-corrected chi connectivity index (χ2v) is 10.1. The predicted octanol–water partition coefficient (Wildman–Crippen LogP) is 7.20. The topological polar surface area (TPSA) is 42.8 Å². The lowest BCUT2D eigenvalue weighted by Gasteiger charge is -2.37. The Morgan fingerprint density at radius 1 is 1.17 bits per heavy atom. The Morgan fingerprint density at radius 2 is 2.00 bits per heavy atom. The standard InChI is InChI=1S/C30H27IN2O2/c1-4-14-35-30-26(31)16-20(17-28(30)34-3)18-32-22-11-9-21(10-12-22)29-24-7-5-6-23(24)25-15-19(2)8-13-27(25)33-29/h1,5-6,8-13,15-18,23-24,29,33H,7,14H2,2-3H3/t23-,24-,29-/m0/s1. The van der Waals surface area contributed by atoms with Gasteiger partial charge < -0.3 is 14.8 Å². The molecule has 3 aromatic carbocycles. The van der Waals surface area contributed by atoms with Crippen LogP contribution in [-0.4, -0.2) is 19.9 Å². The van der Waals surface area contributed by atoms with Crippen LogP contribution in [0.2, 0.25) is 0 Å². The van der Waals surface area contributed by atoms with Gasteiger partial charge in [0.25, 0.3) is 0 Å². The second-order valence-electron chi connectivity index (χ2n) is 8.94. The first-order chi connectivity index (χ1) is 17.1. The first-order valence-corrected chi connectivity index (χ1v) is 12.8. The normalized spacial score (nSPS) is 20.1. The van der Waals surface area contributed by atoms with Crippen LogP contribution < -0.4 is 14.8 Å². The Balaban J connectivity index is 1.35. The van der Waals surface area contributed by atoms with Crippen molar-refractivity contribution < 1.29 is 9.47 Å². The van der Waals surface area contributed by atoms with E-state index in [0.29, 0.717) is 23.3 Å². The number of nitrogens with zero attached hydrogens (tertiary/aromatic N) is 1. The summed E-state index contributed by atoms with van der Waals surface area (Å²) in [5.41, 5.74) is 7.11. The first-order valence-electron chi connectivity index (χ1n) is 11.7. The zero-order chi connectivity index (χ0) is 24.4. The summed E-state index contributed by atoms with van der Waals surface area (Å²) >= 11 is 2.22. The van der Waals surface area contributed by atoms with Gasteiger partial charge in [0.2, 0.25) is 0 Å². The molecule has 0 saturated heterocycles. The summed E-state index contributed by atoms with van der Waals surface area (Å²) in [6.07, 6.45) is 13.0. The molecular formula is C30H27IN2O2. The van der Waals surface area contributed by atoms with Crippen LogP contribution in [0.3, 0.4) is 0 Å². The summed E-state index contributed by atoms with van der Waals surface area (Å²) in [4.78, 5) is 4.69. The van der Waals surface area contributed by atoms with E-state index in [1.54, 1.807) is 7.11 Å². The fourth-order valence-corrected chi connectivity index (χ4v) is 5.81. The monoisotopic (exact) mass is 574 g/mol. The molecule has 3 aromatic rings. The van der Waals surface area contributed by atoms with Crippen LogP contribution in [-0.2, 0) is 0 Å². The molecule has 1 aliphatic carbocycles. The van der Waals surface area contributed by atoms with E-state index in [9.17, 15) is 0 Å². The van der Waals surface area contributed by atoms with Crippen molar-refractivity contribution in [3.8, 4) is 23.8 Å². The number of aryl methyl sites for hydroxylation is 1. The minimum atomic E-state index is 0.199. The number of methoxy groups -OCH3 is 1. The van der Waals surface area contributed by atoms with Crippen LogP contribution in [0, 0.1) is 28.8 Å². The molecule has 0 radical (unpaired) electrons. The molecule has 5 rings (SSSR count). The number of terminal acetylenes is 1. The minimum absolute atomic E-state index is 0.199. The smallest absolute Gasteiger partial charge is 0.175 e. The summed E-state index contributed by atoms with van der Waals surface area (Å²) in [7, 11) is 1.62. The number of rotatable bonds is 6. The second kappa shape index (κ2) is 10.2. The molecule has 0 spiro atoms. The Bertz CT molecular complexity index is 1340. The average molecular weight is 574 g/mol. The van der Waals surface area contributed by atoms with Gasteiger partial charge in [0.05, 0.1) is 22.4 Å². The van der Waals surface area contributed by atoms with E-state index in [1.807, 2.05) is 18.3 Å². The molecule has 0 unspecified atom stereocenters. The zero-order valence-corrected chi connectivity index (χ0v) is 22.0. The summed E-state index contributed by atoms with van der Waals surface area (Å²) in [6, 6.07) is 19.5. The lowest BCUT2D eigenvalue weighted by atomic mass is 9.76. The maximum absolute atomic E-state index is 5.63. The van der Waals surface area contributed by atoms with Crippen LogP contribution in [0.25, 0.3) is 0 Å². The number of anilines is 1. The van der Waals surface area contributed by atoms with Crippen LogP contribution >= 0.6 is 22.6 Å². The Hall–Kier alpha value is -3.24. The molecule has 0 bridgehead atoms. The third kappa shape index (κ3) is 4.81. The SMILES string of the molecule is C#CCOc1c(I)cc(C=Nc2ccc([C@@H]3Nc4ccc(C)cc4[C@H]4C=CC[C@@H]43)cc2)cc1OC. The Labute approximate surface area is 220 Å². The van der Waals surface area contributed by atoms with Gasteiger partial charge >= 0.3 is 0 Å². The van der Waals surface area contributed by atoms with E-state index >= 15 is 0 Å². The van der Waals surface area contributed by atoms with Gasteiger partial charge in [-0.15, -0.1) is 6.42 Å². The molecule has 4 nitrogen and oxygen atoms in total. The summed E-state index contributed by atoms with van der Waals surface area (Å²) in [5, 5.41) is 3.81. The van der Waals surface area contributed by atoms with Crippen molar-refractivity contribution in [2.75, 3.05) is 19.0 Å². The van der Waals surface area contributed by atoms with Gasteiger partial charge in [-0.25, -0.2) is 0 Å². The van der Waals surface area contributed by atoms with Gasteiger partial charge in [0, 0.05) is 17.8 Å². The van der Waals surface area contributed by atoms with E-state index in [-0.39, 0.29) is 12.6 Å². The van der Waals surface area contributed by atoms with Crippen LogP contribution in [0.5, 0.6) is 11.5 Å². The van der Waals surface area contributed by atoms with Crippen molar-refractivity contribution in [2.45, 2.75) is 25.3 Å². The molecule has 0 amide bonds. The van der Waals surface area contributed by atoms with E-state index < -0.39 is 0 Å². The molecule has 3 atom stereocenters. The molecule has 0 fully saturated rings. The molecule has 2 aliphatic rings. The van der Waals surface area contributed by atoms with Crippen LogP contribution in [0.15, 0.2) is 71.7 Å². The number of hydrogen-bond acceptors (Lipinski definition) is 4. The molecule has 1 N–H and O–H groups in total. The third-order valence-corrected chi connectivity index (χ3v) is 7.49. The molecule has 0 saturated carbocycles. The van der Waals surface area contributed by atoms with Crippen molar-refractivity contribution in [3.63, 3.8) is 0 Å². The number of benzene rings is 3. The maximum atomic E-state index is 5.63. The number of ether oxygens (including phenoxy) is 2. The van der Waals surface area contributed by atoms with E-state index in [2.05, 4.69) is 95.4 Å². The molecule has 5 heteroatoms. The lowest BCUT2D eigenvalue weighted by molar-refractivity contribution is 0.328. The van der Waals surface area contributed by atoms with E-state index in [0.717, 1.165) is 21.2 Å². The highest BCUT2D eigenvalue weighted by Crippen LogP contribution is 2.50. The van der Waals surface area contributed by atoms with Gasteiger partial charge in [-0.2, -0.15) is 0 Å². The molecule has 35 heavy (non-hydrogen) atoms. The maximum Gasteiger partial charge on any atom is 0.175 e. The summed E-state index contributed by atoms with van der Waals surface area (Å²) in [6.45, 7) is 2.36. The van der Waals surface area contributed by atoms with E-state index in [1.165, 1.54) is 22.4 Å². The quantitative estimate of drug-likeness (QED) is 0.147. The number of fused-ring (bicyclic) bond motifs is 3. The van der Waals surface area contributed by atoms with Crippen molar-refractivity contribution in [1.29, 1.82) is 0 Å². The molecule has 0 aromatic heterocycles. The predicted molar refractivity (Wildman–Crippen MR) is 151 cm³/mol. The highest BCUT2D eigenvalue weighted by atomic mass is 127. The minimum Gasteiger partial charge on any atom is -0.493 e. The number of allylic oxidation sites excluding steroid dienone is 2. The van der Waals surface area contributed by atoms with Crippen LogP contribution in [0.4, 0.5) is 11.4 Å². The number of halogens is 1. The summed E-state index contributed by atoms with van der Waals surface area (Å²) < 4.78 is 12.0. The van der Waals surface area contributed by atoms with Crippen molar-refractivity contribution >= 4 is 40.2 Å². The number of hydrogen-bond donors (Lipinski definition) is 1. The largest absolute Gasteiger partial charge is 0.493 e. The molecule has 1 heterocycles. The molecule has 176 valence electrons. The zero-order valence-electron chi connectivity index (χ0n) is 19.8. The summed E-state index contributed by atoms with van der Waals surface area (Å²) in [5.74, 6) is 4.79. The van der Waals surface area contributed by atoms with E-state index in [4.69, 9.17) is 20.9 Å². The van der Waals surface area contributed by atoms with Gasteiger partial charge in [-0.05, 0) is 88.9 Å². The Morgan fingerprint density at radius 3 is 2.77 bits per heavy atom. The van der Waals surface area contributed by atoms with Gasteiger partial charge in [0.15, 0.2) is 11.5 Å².